The van der Waals surface area contributed by atoms with Gasteiger partial charge in [-0.05, 0) is 6.07 Å². The van der Waals surface area contributed by atoms with E-state index in [4.69, 9.17) is 32.2 Å². The number of ether oxygens (including phenoxy) is 3. The molecule has 2 N–H and O–H groups in total. The van der Waals surface area contributed by atoms with Crippen molar-refractivity contribution < 1.29 is 14.2 Å². The van der Waals surface area contributed by atoms with Crippen LogP contribution in [0.2, 0.25) is 0 Å². The van der Waals surface area contributed by atoms with Crippen LogP contribution in [-0.2, 0) is 9.47 Å². The average molecular weight is 256 g/mol. The lowest BCUT2D eigenvalue weighted by Crippen LogP contribution is -2.13. The van der Waals surface area contributed by atoms with Gasteiger partial charge >= 0.3 is 0 Å². The number of aromatic nitrogens is 1. The summed E-state index contributed by atoms with van der Waals surface area (Å²) in [6.45, 7) is 2.12. The molecule has 0 spiro atoms. The quantitative estimate of drug-likeness (QED) is 0.547. The lowest BCUT2D eigenvalue weighted by atomic mass is 10.3. The van der Waals surface area contributed by atoms with Crippen LogP contribution in [0, 0.1) is 0 Å². The van der Waals surface area contributed by atoms with Crippen molar-refractivity contribution in [1.29, 1.82) is 0 Å². The number of rotatable bonds is 8. The maximum Gasteiger partial charge on any atom is 0.123 e. The Hall–Kier alpha value is -1.24. The maximum atomic E-state index is 5.47. The number of thiocarbonyl (C=S) groups is 1. The van der Waals surface area contributed by atoms with Gasteiger partial charge in [0.1, 0.15) is 23.0 Å². The van der Waals surface area contributed by atoms with Gasteiger partial charge in [0.15, 0.2) is 0 Å². The Labute approximate surface area is 106 Å². The molecule has 1 heterocycles. The molecule has 0 saturated carbocycles. The van der Waals surface area contributed by atoms with Gasteiger partial charge in [0, 0.05) is 19.4 Å². The summed E-state index contributed by atoms with van der Waals surface area (Å²) >= 11 is 4.83. The number of nitrogens with zero attached hydrogens (tertiary/aromatic N) is 1. The molecule has 0 bridgehead atoms. The van der Waals surface area contributed by atoms with Gasteiger partial charge in [0.05, 0.1) is 19.8 Å². The van der Waals surface area contributed by atoms with Crippen LogP contribution in [-0.4, -0.2) is 43.5 Å². The molecule has 0 atom stereocenters. The third-order valence-corrected chi connectivity index (χ3v) is 2.12. The summed E-state index contributed by atoms with van der Waals surface area (Å²) in [6.07, 6.45) is 1.61. The average Bonchev–Trinajstić information content (AvgIpc) is 2.34. The maximum absolute atomic E-state index is 5.47. The third kappa shape index (κ3) is 5.58. The van der Waals surface area contributed by atoms with E-state index in [-0.39, 0.29) is 4.99 Å². The Morgan fingerprint density at radius 3 is 2.82 bits per heavy atom. The van der Waals surface area contributed by atoms with E-state index in [1.54, 1.807) is 25.4 Å². The van der Waals surface area contributed by atoms with Crippen LogP contribution in [0.15, 0.2) is 18.3 Å². The molecule has 0 fully saturated rings. The highest BCUT2D eigenvalue weighted by Gasteiger charge is 2.00. The molecule has 6 heteroatoms. The normalized spacial score (nSPS) is 10.2. The van der Waals surface area contributed by atoms with E-state index in [0.29, 0.717) is 37.9 Å². The Morgan fingerprint density at radius 1 is 1.35 bits per heavy atom. The van der Waals surface area contributed by atoms with Gasteiger partial charge in [-0.15, -0.1) is 0 Å². The van der Waals surface area contributed by atoms with E-state index in [9.17, 15) is 0 Å². The van der Waals surface area contributed by atoms with Crippen molar-refractivity contribution in [3.8, 4) is 5.75 Å². The molecular weight excluding hydrogens is 240 g/mol. The number of hydrogen-bond acceptors (Lipinski definition) is 5. The van der Waals surface area contributed by atoms with E-state index in [1.165, 1.54) is 0 Å². The summed E-state index contributed by atoms with van der Waals surface area (Å²) in [7, 11) is 1.63. The van der Waals surface area contributed by atoms with Crippen molar-refractivity contribution in [3.63, 3.8) is 0 Å². The molecule has 1 rings (SSSR count). The minimum absolute atomic E-state index is 0.256. The zero-order valence-corrected chi connectivity index (χ0v) is 10.5. The number of pyridine rings is 1. The lowest BCUT2D eigenvalue weighted by Gasteiger charge is -2.07. The van der Waals surface area contributed by atoms with E-state index in [0.717, 1.165) is 0 Å². The van der Waals surface area contributed by atoms with Crippen molar-refractivity contribution >= 4 is 17.2 Å². The van der Waals surface area contributed by atoms with Gasteiger partial charge in [-0.25, -0.2) is 0 Å². The van der Waals surface area contributed by atoms with Crippen LogP contribution >= 0.6 is 12.2 Å². The van der Waals surface area contributed by atoms with Crippen molar-refractivity contribution in [2.45, 2.75) is 0 Å². The van der Waals surface area contributed by atoms with Crippen LogP contribution in [0.5, 0.6) is 5.75 Å². The molecule has 1 aromatic rings. The number of hydrogen-bond donors (Lipinski definition) is 1. The summed E-state index contributed by atoms with van der Waals surface area (Å²) < 4.78 is 15.6. The fourth-order valence-corrected chi connectivity index (χ4v) is 1.21. The van der Waals surface area contributed by atoms with Crippen LogP contribution in [0.4, 0.5) is 0 Å². The topological polar surface area (TPSA) is 66.6 Å². The molecule has 0 radical (unpaired) electrons. The summed E-state index contributed by atoms with van der Waals surface area (Å²) in [5, 5.41) is 0. The Kier molecular flexibility index (Phi) is 6.46. The van der Waals surface area contributed by atoms with Crippen molar-refractivity contribution in [2.24, 2.45) is 5.73 Å². The Morgan fingerprint density at radius 2 is 2.12 bits per heavy atom. The van der Waals surface area contributed by atoms with Gasteiger partial charge in [-0.2, -0.15) is 0 Å². The smallest absolute Gasteiger partial charge is 0.123 e. The molecule has 0 unspecified atom stereocenters. The van der Waals surface area contributed by atoms with Crippen LogP contribution < -0.4 is 10.5 Å². The largest absolute Gasteiger partial charge is 0.491 e. The van der Waals surface area contributed by atoms with E-state index < -0.39 is 0 Å². The van der Waals surface area contributed by atoms with Gasteiger partial charge in [0.2, 0.25) is 0 Å². The Balaban J connectivity index is 2.27. The third-order valence-electron chi connectivity index (χ3n) is 1.91. The minimum atomic E-state index is 0.256. The first-order valence-corrected chi connectivity index (χ1v) is 5.60. The second-order valence-electron chi connectivity index (χ2n) is 3.19. The molecule has 0 aliphatic heterocycles. The predicted octanol–water partition coefficient (Wildman–Crippen LogP) is 0.758. The highest BCUT2D eigenvalue weighted by molar-refractivity contribution is 7.80. The molecule has 5 nitrogen and oxygen atoms in total. The van der Waals surface area contributed by atoms with Crippen LogP contribution in [0.25, 0.3) is 0 Å². The van der Waals surface area contributed by atoms with E-state index in [2.05, 4.69) is 4.98 Å². The molecular formula is C11H16N2O3S. The lowest BCUT2D eigenvalue weighted by molar-refractivity contribution is 0.0544. The van der Waals surface area contributed by atoms with Gasteiger partial charge < -0.3 is 19.9 Å². The monoisotopic (exact) mass is 256 g/mol. The first kappa shape index (κ1) is 13.8. The van der Waals surface area contributed by atoms with Crippen molar-refractivity contribution in [1.82, 2.24) is 4.98 Å². The highest BCUT2D eigenvalue weighted by atomic mass is 32.1. The minimum Gasteiger partial charge on any atom is -0.491 e. The molecule has 0 saturated heterocycles. The first-order chi connectivity index (χ1) is 8.24. The summed E-state index contributed by atoms with van der Waals surface area (Å²) in [5.74, 6) is 0.679. The summed E-state index contributed by atoms with van der Waals surface area (Å²) in [4.78, 5) is 4.27. The first-order valence-electron chi connectivity index (χ1n) is 5.19. The molecule has 94 valence electrons. The number of methoxy groups -OCH3 is 1. The SMILES string of the molecule is COCCOCCOc1ccnc(C(N)=S)c1. The molecule has 17 heavy (non-hydrogen) atoms. The van der Waals surface area contributed by atoms with Crippen molar-refractivity contribution in [3.05, 3.63) is 24.0 Å². The van der Waals surface area contributed by atoms with E-state index >= 15 is 0 Å². The predicted molar refractivity (Wildman–Crippen MR) is 68.3 cm³/mol. The zero-order valence-electron chi connectivity index (χ0n) is 9.72. The summed E-state index contributed by atoms with van der Waals surface area (Å²) in [6, 6.07) is 3.45. The van der Waals surface area contributed by atoms with Crippen molar-refractivity contribution in [2.75, 3.05) is 33.5 Å². The van der Waals surface area contributed by atoms with Gasteiger partial charge in [-0.1, -0.05) is 12.2 Å². The van der Waals surface area contributed by atoms with Gasteiger partial charge in [-0.3, -0.25) is 4.98 Å². The summed E-state index contributed by atoms with van der Waals surface area (Å²) in [5.41, 5.74) is 6.02. The van der Waals surface area contributed by atoms with E-state index in [1.807, 2.05) is 0 Å². The molecule has 0 aromatic carbocycles. The van der Waals surface area contributed by atoms with Crippen LogP contribution in [0.1, 0.15) is 5.69 Å². The Bertz CT molecular complexity index is 360. The van der Waals surface area contributed by atoms with Crippen LogP contribution in [0.3, 0.4) is 0 Å². The second kappa shape index (κ2) is 7.94. The standard InChI is InChI=1S/C11H16N2O3S/c1-14-4-5-15-6-7-16-9-2-3-13-10(8-9)11(12)17/h2-3,8H,4-7H2,1H3,(H2,12,17). The molecule has 0 aliphatic rings. The molecule has 0 amide bonds. The molecule has 0 aliphatic carbocycles. The molecule has 1 aromatic heterocycles. The zero-order chi connectivity index (χ0) is 12.5. The number of nitrogens with two attached hydrogens (primary N) is 1. The fourth-order valence-electron chi connectivity index (χ4n) is 1.10. The second-order valence-corrected chi connectivity index (χ2v) is 3.63. The highest BCUT2D eigenvalue weighted by Crippen LogP contribution is 2.10. The van der Waals surface area contributed by atoms with Gasteiger partial charge in [0.25, 0.3) is 0 Å². The fraction of sp³-hybridized carbons (Fsp3) is 0.455.